The Morgan fingerprint density at radius 2 is 2.09 bits per heavy atom. The average molecular weight is 295 g/mol. The summed E-state index contributed by atoms with van der Waals surface area (Å²) in [6.07, 6.45) is 10.2. The number of benzene rings is 1. The first-order valence-corrected chi connectivity index (χ1v) is 8.98. The zero-order valence-corrected chi connectivity index (χ0v) is 13.3. The summed E-state index contributed by atoms with van der Waals surface area (Å²) in [4.78, 5) is 0. The molecule has 3 heteroatoms. The molecular weight excluding hydrogens is 269 g/mol. The Balaban J connectivity index is 1.37. The summed E-state index contributed by atoms with van der Waals surface area (Å²) in [5, 5.41) is 3.54. The third-order valence-corrected chi connectivity index (χ3v) is 5.58. The van der Waals surface area contributed by atoms with Gasteiger partial charge < -0.3 is 9.97 Å². The van der Waals surface area contributed by atoms with Gasteiger partial charge in [-0.2, -0.15) is 0 Å². The molecule has 1 aromatic rings. The first-order valence-electron chi connectivity index (χ1n) is 8.98. The van der Waals surface area contributed by atoms with Crippen LogP contribution in [-0.4, -0.2) is 26.1 Å². The Morgan fingerprint density at radius 1 is 1.18 bits per heavy atom. The van der Waals surface area contributed by atoms with E-state index in [1.54, 1.807) is 5.57 Å². The molecule has 2 bridgehead atoms. The van der Waals surface area contributed by atoms with E-state index in [-0.39, 0.29) is 0 Å². The van der Waals surface area contributed by atoms with Gasteiger partial charge in [-0.1, -0.05) is 36.4 Å². The van der Waals surface area contributed by atoms with Gasteiger partial charge in [0, 0.05) is 12.6 Å². The fourth-order valence-electron chi connectivity index (χ4n) is 4.55. The van der Waals surface area contributed by atoms with Gasteiger partial charge in [0.2, 0.25) is 0 Å². The van der Waals surface area contributed by atoms with E-state index in [9.17, 15) is 0 Å². The minimum absolute atomic E-state index is 0.486. The molecule has 3 aliphatic rings. The molecule has 1 aliphatic carbocycles. The maximum absolute atomic E-state index is 6.25. The molecule has 2 fully saturated rings. The summed E-state index contributed by atoms with van der Waals surface area (Å²) in [6.45, 7) is 2.58. The van der Waals surface area contributed by atoms with Gasteiger partial charge >= 0.3 is 0 Å². The van der Waals surface area contributed by atoms with Gasteiger partial charge in [0.05, 0.1) is 0 Å². The van der Waals surface area contributed by atoms with Crippen molar-refractivity contribution >= 4 is 12.5 Å². The van der Waals surface area contributed by atoms with Crippen LogP contribution in [0, 0.1) is 11.8 Å². The van der Waals surface area contributed by atoms with E-state index in [0.717, 1.165) is 18.4 Å². The van der Waals surface area contributed by atoms with Crippen LogP contribution in [0.5, 0.6) is 0 Å². The summed E-state index contributed by atoms with van der Waals surface area (Å²) in [6, 6.07) is 11.5. The molecule has 116 valence electrons. The standard InChI is InChI=1S/C19H26BNO/c1-2-5-17(6-3-1)18-10-15-9-16(11-18)13-20(12-15)22-14-19-7-4-8-21-19/h1-3,5-6,10,15-16,19,21H,4,7-9,11-14H2/t15-,16+,19+/m1/s1. The minimum Gasteiger partial charge on any atom is -0.434 e. The van der Waals surface area contributed by atoms with Crippen LogP contribution in [0.25, 0.3) is 5.57 Å². The van der Waals surface area contributed by atoms with Gasteiger partial charge in [-0.25, -0.2) is 0 Å². The monoisotopic (exact) mass is 295 g/mol. The number of fused-ring (bicyclic) bond motifs is 2. The van der Waals surface area contributed by atoms with E-state index in [2.05, 4.69) is 41.7 Å². The third-order valence-electron chi connectivity index (χ3n) is 5.58. The van der Waals surface area contributed by atoms with E-state index in [4.69, 9.17) is 4.65 Å². The van der Waals surface area contributed by atoms with Crippen LogP contribution in [-0.2, 0) is 4.65 Å². The summed E-state index contributed by atoms with van der Waals surface area (Å²) >= 11 is 0. The highest BCUT2D eigenvalue weighted by Crippen LogP contribution is 2.42. The van der Waals surface area contributed by atoms with Gasteiger partial charge in [-0.3, -0.25) is 0 Å². The average Bonchev–Trinajstić information content (AvgIpc) is 3.06. The quantitative estimate of drug-likeness (QED) is 0.851. The molecular formula is C19H26BNO. The molecule has 22 heavy (non-hydrogen) atoms. The van der Waals surface area contributed by atoms with Crippen molar-refractivity contribution in [2.45, 2.75) is 44.4 Å². The lowest BCUT2D eigenvalue weighted by atomic mass is 9.47. The van der Waals surface area contributed by atoms with E-state index in [0.29, 0.717) is 13.0 Å². The Labute approximate surface area is 134 Å². The highest BCUT2D eigenvalue weighted by Gasteiger charge is 2.35. The fourth-order valence-corrected chi connectivity index (χ4v) is 4.55. The lowest BCUT2D eigenvalue weighted by Crippen LogP contribution is -2.36. The molecule has 1 N–H and O–H groups in total. The molecule has 0 aromatic heterocycles. The molecule has 0 spiro atoms. The Kier molecular flexibility index (Phi) is 4.36. The van der Waals surface area contributed by atoms with Crippen LogP contribution in [0.1, 0.15) is 31.2 Å². The van der Waals surface area contributed by atoms with Crippen molar-refractivity contribution in [2.75, 3.05) is 13.2 Å². The lowest BCUT2D eigenvalue weighted by molar-refractivity contribution is 0.257. The van der Waals surface area contributed by atoms with Gasteiger partial charge in [-0.05, 0) is 67.8 Å². The maximum atomic E-state index is 6.25. The molecule has 4 rings (SSSR count). The second-order valence-electron chi connectivity index (χ2n) is 7.34. The Bertz CT molecular complexity index is 523. The third kappa shape index (κ3) is 3.31. The van der Waals surface area contributed by atoms with Crippen LogP contribution in [0.4, 0.5) is 0 Å². The smallest absolute Gasteiger partial charge is 0.294 e. The topological polar surface area (TPSA) is 21.3 Å². The molecule has 0 amide bonds. The number of hydrogen-bond acceptors (Lipinski definition) is 2. The number of hydrogen-bond donors (Lipinski definition) is 1. The van der Waals surface area contributed by atoms with Crippen LogP contribution < -0.4 is 5.32 Å². The molecule has 3 atom stereocenters. The van der Waals surface area contributed by atoms with Crippen molar-refractivity contribution in [3.8, 4) is 0 Å². The highest BCUT2D eigenvalue weighted by molar-refractivity contribution is 6.52. The van der Waals surface area contributed by atoms with Crippen LogP contribution >= 0.6 is 0 Å². The van der Waals surface area contributed by atoms with E-state index < -0.39 is 0 Å². The molecule has 2 heterocycles. The Morgan fingerprint density at radius 3 is 2.86 bits per heavy atom. The van der Waals surface area contributed by atoms with Crippen molar-refractivity contribution in [2.24, 2.45) is 11.8 Å². The van der Waals surface area contributed by atoms with Crippen LogP contribution in [0.15, 0.2) is 36.4 Å². The SMILES string of the molecule is C1=C(c2ccccc2)C[C@H]2CB(OC[C@@H]3CCCN3)C[C@@H]1C2. The van der Waals surface area contributed by atoms with Crippen LogP contribution in [0.2, 0.25) is 12.6 Å². The van der Waals surface area contributed by atoms with Crippen LogP contribution in [0.3, 0.4) is 0 Å². The number of rotatable bonds is 4. The zero-order chi connectivity index (χ0) is 14.8. The molecule has 0 radical (unpaired) electrons. The largest absolute Gasteiger partial charge is 0.434 e. The van der Waals surface area contributed by atoms with Crippen molar-refractivity contribution in [3.63, 3.8) is 0 Å². The molecule has 1 aromatic carbocycles. The lowest BCUT2D eigenvalue weighted by Gasteiger charge is -2.36. The molecule has 2 saturated heterocycles. The first-order chi connectivity index (χ1) is 10.9. The molecule has 0 unspecified atom stereocenters. The summed E-state index contributed by atoms with van der Waals surface area (Å²) in [7, 11) is 0. The van der Waals surface area contributed by atoms with E-state index in [1.165, 1.54) is 50.4 Å². The molecule has 0 saturated carbocycles. The zero-order valence-electron chi connectivity index (χ0n) is 13.3. The fraction of sp³-hybridized carbons (Fsp3) is 0.579. The van der Waals surface area contributed by atoms with E-state index >= 15 is 0 Å². The first kappa shape index (κ1) is 14.5. The molecule has 2 nitrogen and oxygen atoms in total. The summed E-state index contributed by atoms with van der Waals surface area (Å²) in [5.74, 6) is 1.55. The predicted octanol–water partition coefficient (Wildman–Crippen LogP) is 3.87. The van der Waals surface area contributed by atoms with Gasteiger partial charge in [0.15, 0.2) is 0 Å². The summed E-state index contributed by atoms with van der Waals surface area (Å²) < 4.78 is 6.25. The minimum atomic E-state index is 0.486. The van der Waals surface area contributed by atoms with Gasteiger partial charge in [-0.15, -0.1) is 0 Å². The summed E-state index contributed by atoms with van der Waals surface area (Å²) in [5.41, 5.74) is 2.99. The molecule has 2 aliphatic heterocycles. The van der Waals surface area contributed by atoms with Gasteiger partial charge in [0.1, 0.15) is 0 Å². The van der Waals surface area contributed by atoms with Gasteiger partial charge in [0.25, 0.3) is 6.92 Å². The van der Waals surface area contributed by atoms with Crippen molar-refractivity contribution in [1.82, 2.24) is 5.32 Å². The van der Waals surface area contributed by atoms with Crippen molar-refractivity contribution in [3.05, 3.63) is 42.0 Å². The van der Waals surface area contributed by atoms with Crippen molar-refractivity contribution in [1.29, 1.82) is 0 Å². The number of nitrogens with one attached hydrogen (secondary N) is 1. The highest BCUT2D eigenvalue weighted by atomic mass is 16.4. The number of allylic oxidation sites excluding steroid dienone is 2. The van der Waals surface area contributed by atoms with E-state index in [1.807, 2.05) is 0 Å². The second-order valence-corrected chi connectivity index (χ2v) is 7.34. The predicted molar refractivity (Wildman–Crippen MR) is 93.0 cm³/mol. The normalized spacial score (nSPS) is 31.2. The maximum Gasteiger partial charge on any atom is 0.294 e. The second kappa shape index (κ2) is 6.60. The van der Waals surface area contributed by atoms with Crippen molar-refractivity contribution < 1.29 is 4.65 Å². The Hall–Kier alpha value is -1.06.